The molecule has 0 saturated carbocycles. The Morgan fingerprint density at radius 3 is 2.56 bits per heavy atom. The SMILES string of the molecule is COc1ccc(CN(C)C(=O)Br)c(OC)c1. The second-order valence-corrected chi connectivity index (χ2v) is 3.97. The van der Waals surface area contributed by atoms with Crippen molar-refractivity contribution in [2.24, 2.45) is 0 Å². The molecule has 0 aromatic heterocycles. The quantitative estimate of drug-likeness (QED) is 0.631. The van der Waals surface area contributed by atoms with Gasteiger partial charge in [0.15, 0.2) is 0 Å². The van der Waals surface area contributed by atoms with E-state index in [4.69, 9.17) is 9.47 Å². The zero-order valence-electron chi connectivity index (χ0n) is 9.49. The monoisotopic (exact) mass is 287 g/mol. The van der Waals surface area contributed by atoms with Crippen molar-refractivity contribution in [2.75, 3.05) is 21.3 Å². The number of carbonyl (C=O) groups is 1. The number of nitrogens with zero attached hydrogens (tertiary/aromatic N) is 1. The van der Waals surface area contributed by atoms with E-state index in [-0.39, 0.29) is 4.82 Å². The van der Waals surface area contributed by atoms with Gasteiger partial charge in [-0.25, -0.2) is 0 Å². The summed E-state index contributed by atoms with van der Waals surface area (Å²) < 4.78 is 10.3. The molecule has 88 valence electrons. The van der Waals surface area contributed by atoms with Gasteiger partial charge in [-0.05, 0) is 12.1 Å². The zero-order chi connectivity index (χ0) is 12.1. The van der Waals surface area contributed by atoms with E-state index < -0.39 is 0 Å². The summed E-state index contributed by atoms with van der Waals surface area (Å²) in [6.45, 7) is 0.483. The first kappa shape index (κ1) is 12.8. The van der Waals surface area contributed by atoms with Gasteiger partial charge >= 0.3 is 0 Å². The standard InChI is InChI=1S/C11H14BrNO3/c1-13(11(12)14)7-8-4-5-9(15-2)6-10(8)16-3/h4-6H,7H2,1-3H3. The number of hydrogen-bond acceptors (Lipinski definition) is 3. The third-order valence-corrected chi connectivity index (χ3v) is 2.81. The van der Waals surface area contributed by atoms with Gasteiger partial charge in [0, 0.05) is 41.2 Å². The molecule has 0 N–H and O–H groups in total. The normalized spacial score (nSPS) is 9.75. The largest absolute Gasteiger partial charge is 0.497 e. The highest BCUT2D eigenvalue weighted by molar-refractivity contribution is 9.18. The molecule has 1 aromatic rings. The Balaban J connectivity index is 2.91. The summed E-state index contributed by atoms with van der Waals surface area (Å²) in [6, 6.07) is 5.51. The topological polar surface area (TPSA) is 38.8 Å². The van der Waals surface area contributed by atoms with Crippen LogP contribution in [0.3, 0.4) is 0 Å². The molecule has 0 fully saturated rings. The number of methoxy groups -OCH3 is 2. The maximum Gasteiger partial charge on any atom is 0.289 e. The number of carbonyl (C=O) groups excluding carboxylic acids is 1. The molecule has 0 unspecified atom stereocenters. The zero-order valence-corrected chi connectivity index (χ0v) is 11.1. The summed E-state index contributed by atoms with van der Waals surface area (Å²) in [5, 5.41) is 0. The van der Waals surface area contributed by atoms with E-state index in [0.29, 0.717) is 12.3 Å². The molecule has 0 radical (unpaired) electrons. The first-order chi connectivity index (χ1) is 7.58. The second-order valence-electron chi connectivity index (χ2n) is 3.29. The highest BCUT2D eigenvalue weighted by Gasteiger charge is 2.10. The fraction of sp³-hybridized carbons (Fsp3) is 0.364. The van der Waals surface area contributed by atoms with Gasteiger partial charge in [0.2, 0.25) is 0 Å². The Hall–Kier alpha value is -1.23. The van der Waals surface area contributed by atoms with E-state index in [9.17, 15) is 4.79 Å². The molecular weight excluding hydrogens is 274 g/mol. The molecule has 0 aliphatic heterocycles. The van der Waals surface area contributed by atoms with Crippen LogP contribution in [0.25, 0.3) is 0 Å². The summed E-state index contributed by atoms with van der Waals surface area (Å²) >= 11 is 2.89. The summed E-state index contributed by atoms with van der Waals surface area (Å²) in [4.78, 5) is 12.4. The molecule has 0 aliphatic carbocycles. The molecule has 1 amide bonds. The lowest BCUT2D eigenvalue weighted by Gasteiger charge is -2.16. The smallest absolute Gasteiger partial charge is 0.289 e. The Morgan fingerprint density at radius 2 is 2.06 bits per heavy atom. The van der Waals surface area contributed by atoms with Crippen molar-refractivity contribution < 1.29 is 14.3 Å². The predicted octanol–water partition coefficient (Wildman–Crippen LogP) is 2.65. The molecule has 0 atom stereocenters. The summed E-state index contributed by atoms with van der Waals surface area (Å²) in [7, 11) is 4.90. The number of ether oxygens (including phenoxy) is 2. The molecule has 0 spiro atoms. The van der Waals surface area contributed by atoms with E-state index in [1.807, 2.05) is 12.1 Å². The lowest BCUT2D eigenvalue weighted by Crippen LogP contribution is -2.20. The average Bonchev–Trinajstić information content (AvgIpc) is 2.29. The van der Waals surface area contributed by atoms with Crippen molar-refractivity contribution in [1.29, 1.82) is 0 Å². The Kier molecular flexibility index (Phi) is 4.61. The second kappa shape index (κ2) is 5.75. The minimum absolute atomic E-state index is 0.162. The van der Waals surface area contributed by atoms with Gasteiger partial charge < -0.3 is 14.4 Å². The van der Waals surface area contributed by atoms with Gasteiger partial charge in [0.1, 0.15) is 11.5 Å². The summed E-state index contributed by atoms with van der Waals surface area (Å²) in [5.74, 6) is 1.44. The van der Waals surface area contributed by atoms with Crippen LogP contribution in [0.4, 0.5) is 4.79 Å². The number of amides is 1. The molecule has 5 heteroatoms. The molecular formula is C11H14BrNO3. The maximum absolute atomic E-state index is 11.0. The Bertz CT molecular complexity index is 381. The molecule has 4 nitrogen and oxygen atoms in total. The van der Waals surface area contributed by atoms with Gasteiger partial charge in [-0.2, -0.15) is 0 Å². The molecule has 0 aliphatic rings. The first-order valence-electron chi connectivity index (χ1n) is 4.70. The van der Waals surface area contributed by atoms with E-state index in [2.05, 4.69) is 15.9 Å². The lowest BCUT2D eigenvalue weighted by atomic mass is 10.2. The van der Waals surface area contributed by atoms with Crippen molar-refractivity contribution in [3.63, 3.8) is 0 Å². The molecule has 1 rings (SSSR count). The van der Waals surface area contributed by atoms with Crippen molar-refractivity contribution in [3.8, 4) is 11.5 Å². The number of rotatable bonds is 4. The minimum Gasteiger partial charge on any atom is -0.497 e. The van der Waals surface area contributed by atoms with Crippen molar-refractivity contribution >= 4 is 20.7 Å². The van der Waals surface area contributed by atoms with Crippen LogP contribution < -0.4 is 9.47 Å². The lowest BCUT2D eigenvalue weighted by molar-refractivity contribution is 0.232. The van der Waals surface area contributed by atoms with Crippen LogP contribution in [0, 0.1) is 0 Å². The van der Waals surface area contributed by atoms with Gasteiger partial charge in [0.25, 0.3) is 4.82 Å². The van der Waals surface area contributed by atoms with Crippen molar-refractivity contribution in [2.45, 2.75) is 6.54 Å². The summed E-state index contributed by atoms with van der Waals surface area (Å²) in [6.07, 6.45) is 0. The molecule has 0 bridgehead atoms. The van der Waals surface area contributed by atoms with Crippen molar-refractivity contribution in [1.82, 2.24) is 4.90 Å². The molecule has 16 heavy (non-hydrogen) atoms. The first-order valence-corrected chi connectivity index (χ1v) is 5.49. The predicted molar refractivity (Wildman–Crippen MR) is 65.3 cm³/mol. The number of benzene rings is 1. The molecule has 0 saturated heterocycles. The van der Waals surface area contributed by atoms with Crippen LogP contribution in [0.1, 0.15) is 5.56 Å². The van der Waals surface area contributed by atoms with Gasteiger partial charge in [0.05, 0.1) is 14.2 Å². The van der Waals surface area contributed by atoms with Crippen LogP contribution in [-0.2, 0) is 6.54 Å². The van der Waals surface area contributed by atoms with Gasteiger partial charge in [-0.3, -0.25) is 4.79 Å². The van der Waals surface area contributed by atoms with Crippen molar-refractivity contribution in [3.05, 3.63) is 23.8 Å². The van der Waals surface area contributed by atoms with Gasteiger partial charge in [-0.15, -0.1) is 0 Å². The minimum atomic E-state index is -0.162. The van der Waals surface area contributed by atoms with E-state index in [0.717, 1.165) is 11.3 Å². The molecule has 1 aromatic carbocycles. The van der Waals surface area contributed by atoms with E-state index in [1.54, 1.807) is 32.2 Å². The highest BCUT2D eigenvalue weighted by atomic mass is 79.9. The van der Waals surface area contributed by atoms with Crippen LogP contribution in [0.15, 0.2) is 18.2 Å². The highest BCUT2D eigenvalue weighted by Crippen LogP contribution is 2.25. The third-order valence-electron chi connectivity index (χ3n) is 2.20. The maximum atomic E-state index is 11.0. The summed E-state index contributed by atoms with van der Waals surface area (Å²) in [5.41, 5.74) is 0.929. The van der Waals surface area contributed by atoms with Crippen LogP contribution in [0.2, 0.25) is 0 Å². The van der Waals surface area contributed by atoms with Crippen LogP contribution >= 0.6 is 15.9 Å². The Morgan fingerprint density at radius 1 is 1.38 bits per heavy atom. The third kappa shape index (κ3) is 3.13. The number of hydrogen-bond donors (Lipinski definition) is 0. The van der Waals surface area contributed by atoms with Gasteiger partial charge in [-0.1, -0.05) is 0 Å². The van der Waals surface area contributed by atoms with Crippen LogP contribution in [0.5, 0.6) is 11.5 Å². The number of halogens is 1. The molecule has 0 heterocycles. The fourth-order valence-electron chi connectivity index (χ4n) is 1.30. The Labute approximate surface area is 103 Å². The van der Waals surface area contributed by atoms with E-state index in [1.165, 1.54) is 0 Å². The average molecular weight is 288 g/mol. The van der Waals surface area contributed by atoms with E-state index >= 15 is 0 Å². The fourth-order valence-corrected chi connectivity index (χ4v) is 1.43. The van der Waals surface area contributed by atoms with Crippen LogP contribution in [-0.4, -0.2) is 31.0 Å².